The molecule has 4 aliphatic carbocycles. The van der Waals surface area contributed by atoms with Crippen LogP contribution in [0.2, 0.25) is 0 Å². The highest BCUT2D eigenvalue weighted by molar-refractivity contribution is 6.10. The molecule has 10 nitrogen and oxygen atoms in total. The Morgan fingerprint density at radius 1 is 0.776 bits per heavy atom. The normalized spacial score (nSPS) is 35.3. The second-order valence-electron chi connectivity index (χ2n) is 15.8. The van der Waals surface area contributed by atoms with Crippen molar-refractivity contribution >= 4 is 23.6 Å². The first kappa shape index (κ1) is 36.6. The number of rotatable bonds is 13. The van der Waals surface area contributed by atoms with Gasteiger partial charge in [0.1, 0.15) is 6.04 Å². The third-order valence-electron chi connectivity index (χ3n) is 12.8. The highest BCUT2D eigenvalue weighted by Crippen LogP contribution is 2.46. The fourth-order valence-corrected chi connectivity index (χ4v) is 10.3. The van der Waals surface area contributed by atoms with Gasteiger partial charge in [0.25, 0.3) is 0 Å². The van der Waals surface area contributed by atoms with E-state index >= 15 is 0 Å². The van der Waals surface area contributed by atoms with Gasteiger partial charge in [0, 0.05) is 19.0 Å². The summed E-state index contributed by atoms with van der Waals surface area (Å²) in [6.45, 7) is 4.76. The van der Waals surface area contributed by atoms with Crippen LogP contribution in [0.15, 0.2) is 11.1 Å². The summed E-state index contributed by atoms with van der Waals surface area (Å²) in [4.78, 5) is 51.3. The van der Waals surface area contributed by atoms with Gasteiger partial charge in [-0.25, -0.2) is 0 Å². The largest absolute Gasteiger partial charge is 0.393 e. The molecule has 4 unspecified atom stereocenters. The van der Waals surface area contributed by atoms with E-state index in [1.54, 1.807) is 11.1 Å². The van der Waals surface area contributed by atoms with Crippen LogP contribution in [-0.4, -0.2) is 84.3 Å². The number of piperidine rings is 1. The molecule has 2 heterocycles. The first-order valence-corrected chi connectivity index (χ1v) is 19.9. The molecule has 274 valence electrons. The fourth-order valence-electron chi connectivity index (χ4n) is 10.3. The van der Waals surface area contributed by atoms with E-state index < -0.39 is 17.9 Å². The molecule has 6 rings (SSSR count). The molecule has 0 bridgehead atoms. The molecule has 0 aromatic rings. The lowest BCUT2D eigenvalue weighted by Crippen LogP contribution is -2.54. The van der Waals surface area contributed by atoms with Crippen LogP contribution in [0.5, 0.6) is 0 Å². The molecule has 0 spiro atoms. The molecule has 10 heteroatoms. The number of nitrogens with zero attached hydrogens (tertiary/aromatic N) is 1. The Morgan fingerprint density at radius 2 is 1.47 bits per heavy atom. The van der Waals surface area contributed by atoms with Crippen molar-refractivity contribution in [2.75, 3.05) is 26.4 Å². The van der Waals surface area contributed by atoms with E-state index in [0.29, 0.717) is 57.1 Å². The zero-order valence-electron chi connectivity index (χ0n) is 29.8. The topological polar surface area (TPSA) is 134 Å². The predicted octanol–water partition coefficient (Wildman–Crippen LogP) is 4.96. The summed E-state index contributed by atoms with van der Waals surface area (Å²) in [7, 11) is 0. The molecule has 4 atom stereocenters. The lowest BCUT2D eigenvalue weighted by Gasteiger charge is -2.39. The fraction of sp³-hybridized carbons (Fsp3) is 0.846. The molecule has 49 heavy (non-hydrogen) atoms. The van der Waals surface area contributed by atoms with Crippen molar-refractivity contribution in [3.63, 3.8) is 0 Å². The number of imide groups is 2. The maximum Gasteiger partial charge on any atom is 0.249 e. The SMILES string of the molecule is CC/C(=C(\C1CCC(O)CC1)C1CCC(OCCOCCNC2CCC3C(=O)N(C4CCC(=O)NC4=O)C(=O)C3C2)CC1)C1CCCCC1. The Kier molecular flexibility index (Phi) is 13.0. The highest BCUT2D eigenvalue weighted by Gasteiger charge is 2.53. The van der Waals surface area contributed by atoms with E-state index in [1.807, 2.05) is 0 Å². The lowest BCUT2D eigenvalue weighted by atomic mass is 9.68. The number of carbonyl (C=O) groups excluding carboxylic acids is 4. The molecule has 0 aromatic carbocycles. The van der Waals surface area contributed by atoms with Crippen molar-refractivity contribution < 1.29 is 33.8 Å². The second-order valence-corrected chi connectivity index (χ2v) is 15.8. The Morgan fingerprint density at radius 3 is 2.16 bits per heavy atom. The van der Waals surface area contributed by atoms with E-state index in [0.717, 1.165) is 55.8 Å². The summed E-state index contributed by atoms with van der Waals surface area (Å²) in [5.74, 6) is -0.0831. The average molecular weight is 684 g/mol. The number of amides is 4. The van der Waals surface area contributed by atoms with Gasteiger partial charge in [-0.15, -0.1) is 0 Å². The van der Waals surface area contributed by atoms with Crippen LogP contribution in [-0.2, 0) is 28.7 Å². The zero-order chi connectivity index (χ0) is 34.3. The van der Waals surface area contributed by atoms with Crippen LogP contribution in [0, 0.1) is 29.6 Å². The zero-order valence-corrected chi connectivity index (χ0v) is 29.8. The van der Waals surface area contributed by atoms with Crippen LogP contribution < -0.4 is 10.6 Å². The van der Waals surface area contributed by atoms with Crippen LogP contribution in [0.4, 0.5) is 0 Å². The Balaban J connectivity index is 0.886. The Bertz CT molecular complexity index is 1200. The van der Waals surface area contributed by atoms with Crippen molar-refractivity contribution in [3.8, 4) is 0 Å². The summed E-state index contributed by atoms with van der Waals surface area (Å²) in [6, 6.07) is -0.745. The molecule has 2 aliphatic heterocycles. The van der Waals surface area contributed by atoms with Gasteiger partial charge in [-0.2, -0.15) is 0 Å². The number of fused-ring (bicyclic) bond motifs is 1. The van der Waals surface area contributed by atoms with Gasteiger partial charge >= 0.3 is 0 Å². The van der Waals surface area contributed by atoms with Crippen molar-refractivity contribution in [1.82, 2.24) is 15.5 Å². The minimum absolute atomic E-state index is 0.107. The molecular weight excluding hydrogens is 622 g/mol. The van der Waals surface area contributed by atoms with Gasteiger partial charge in [-0.1, -0.05) is 37.3 Å². The number of ether oxygens (including phenoxy) is 2. The number of aliphatic hydroxyl groups excluding tert-OH is 1. The number of nitrogens with one attached hydrogen (secondary N) is 2. The van der Waals surface area contributed by atoms with Crippen LogP contribution in [0.25, 0.3) is 0 Å². The average Bonchev–Trinajstić information content (AvgIpc) is 3.36. The summed E-state index contributed by atoms with van der Waals surface area (Å²) in [6.07, 6.45) is 19.4. The van der Waals surface area contributed by atoms with Crippen LogP contribution in [0.1, 0.15) is 129 Å². The third-order valence-corrected chi connectivity index (χ3v) is 12.8. The number of hydrogen-bond donors (Lipinski definition) is 3. The van der Waals surface area contributed by atoms with Crippen molar-refractivity contribution in [3.05, 3.63) is 11.1 Å². The first-order valence-electron chi connectivity index (χ1n) is 19.9. The number of likely N-dealkylation sites (tertiary alicyclic amines) is 1. The predicted molar refractivity (Wildman–Crippen MR) is 185 cm³/mol. The summed E-state index contributed by atoms with van der Waals surface area (Å²) >= 11 is 0. The van der Waals surface area contributed by atoms with Gasteiger partial charge < -0.3 is 19.9 Å². The van der Waals surface area contributed by atoms with Gasteiger partial charge in [0.05, 0.1) is 43.9 Å². The molecular formula is C39H61N3O7. The third kappa shape index (κ3) is 8.85. The van der Waals surface area contributed by atoms with Crippen molar-refractivity contribution in [1.29, 1.82) is 0 Å². The number of aliphatic hydroxyl groups is 1. The van der Waals surface area contributed by atoms with Crippen molar-refractivity contribution in [2.45, 2.75) is 153 Å². The van der Waals surface area contributed by atoms with E-state index in [9.17, 15) is 24.3 Å². The Labute approximate surface area is 292 Å². The van der Waals surface area contributed by atoms with Crippen LogP contribution in [0.3, 0.4) is 0 Å². The standard InChI is InChI=1S/C39H61N3O7/c1-2-31(25-6-4-3-5-7-25)36(26-8-13-29(43)14-9-26)27-10-15-30(16-11-27)49-23-22-48-21-20-40-28-12-17-32-33(24-28)39(47)42(38(32)46)34-18-19-35(44)41-37(34)45/h25-30,32-34,40,43H,2-24H2,1H3,(H,41,44,45)/b36-31-. The summed E-state index contributed by atoms with van der Waals surface area (Å²) in [5, 5.41) is 16.0. The highest BCUT2D eigenvalue weighted by atomic mass is 16.5. The lowest BCUT2D eigenvalue weighted by molar-refractivity contribution is -0.151. The molecule has 3 N–H and O–H groups in total. The van der Waals surface area contributed by atoms with E-state index in [1.165, 1.54) is 51.4 Å². The van der Waals surface area contributed by atoms with Gasteiger partial charge in [0.15, 0.2) is 0 Å². The maximum absolute atomic E-state index is 13.2. The minimum Gasteiger partial charge on any atom is -0.393 e. The van der Waals surface area contributed by atoms with E-state index in [2.05, 4.69) is 17.6 Å². The molecule has 0 aromatic heterocycles. The second kappa shape index (κ2) is 17.4. The molecule has 0 radical (unpaired) electrons. The first-order chi connectivity index (χ1) is 23.8. The quantitative estimate of drug-likeness (QED) is 0.141. The summed E-state index contributed by atoms with van der Waals surface area (Å²) < 4.78 is 12.2. The molecule has 6 fully saturated rings. The Hall–Kier alpha value is -2.14. The smallest absolute Gasteiger partial charge is 0.249 e. The van der Waals surface area contributed by atoms with Gasteiger partial charge in [-0.05, 0) is 114 Å². The molecule has 6 aliphatic rings. The summed E-state index contributed by atoms with van der Waals surface area (Å²) in [5.41, 5.74) is 3.60. The van der Waals surface area contributed by atoms with Gasteiger partial charge in [0.2, 0.25) is 23.6 Å². The molecule has 4 saturated carbocycles. The van der Waals surface area contributed by atoms with Crippen LogP contribution >= 0.6 is 0 Å². The monoisotopic (exact) mass is 683 g/mol. The molecule has 2 saturated heterocycles. The maximum atomic E-state index is 13.2. The minimum atomic E-state index is -0.868. The number of allylic oxidation sites excluding steroid dienone is 2. The van der Waals surface area contributed by atoms with Gasteiger partial charge in [-0.3, -0.25) is 29.4 Å². The van der Waals surface area contributed by atoms with E-state index in [-0.39, 0.29) is 48.6 Å². The van der Waals surface area contributed by atoms with Crippen molar-refractivity contribution in [2.24, 2.45) is 29.6 Å². The number of hydrogen-bond acceptors (Lipinski definition) is 8. The molecule has 4 amide bonds. The number of carbonyl (C=O) groups is 4. The van der Waals surface area contributed by atoms with E-state index in [4.69, 9.17) is 9.47 Å².